The summed E-state index contributed by atoms with van der Waals surface area (Å²) < 4.78 is 14.7. The molecule has 0 amide bonds. The van der Waals surface area contributed by atoms with Gasteiger partial charge < -0.3 is 5.32 Å². The van der Waals surface area contributed by atoms with Gasteiger partial charge in [0.1, 0.15) is 10.8 Å². The summed E-state index contributed by atoms with van der Waals surface area (Å²) in [5.74, 6) is -0.222. The third kappa shape index (κ3) is 2.73. The van der Waals surface area contributed by atoms with Gasteiger partial charge in [-0.15, -0.1) is 11.3 Å². The Labute approximate surface area is 112 Å². The molecule has 90 valence electrons. The van der Waals surface area contributed by atoms with E-state index in [4.69, 9.17) is 0 Å². The van der Waals surface area contributed by atoms with E-state index in [1.807, 2.05) is 19.4 Å². The molecular weight excluding hydrogens is 303 g/mol. The van der Waals surface area contributed by atoms with Crippen molar-refractivity contribution in [1.82, 2.24) is 10.3 Å². The highest BCUT2D eigenvalue weighted by Crippen LogP contribution is 2.28. The van der Waals surface area contributed by atoms with Crippen molar-refractivity contribution in [2.45, 2.75) is 13.0 Å². The maximum Gasteiger partial charge on any atom is 0.128 e. The number of nitrogens with zero attached hydrogens (tertiary/aromatic N) is 1. The van der Waals surface area contributed by atoms with Crippen molar-refractivity contribution in [3.8, 4) is 0 Å². The van der Waals surface area contributed by atoms with Crippen molar-refractivity contribution < 1.29 is 4.39 Å². The summed E-state index contributed by atoms with van der Waals surface area (Å²) in [7, 11) is 1.81. The van der Waals surface area contributed by atoms with Gasteiger partial charge in [0.15, 0.2) is 0 Å². The Morgan fingerprint density at radius 2 is 2.24 bits per heavy atom. The number of halogens is 2. The second-order valence-corrected chi connectivity index (χ2v) is 5.52. The van der Waals surface area contributed by atoms with Crippen LogP contribution < -0.4 is 5.32 Å². The van der Waals surface area contributed by atoms with Gasteiger partial charge in [-0.1, -0.05) is 15.9 Å². The Kier molecular flexibility index (Phi) is 3.91. The van der Waals surface area contributed by atoms with Gasteiger partial charge in [0, 0.05) is 21.1 Å². The van der Waals surface area contributed by atoms with Crippen LogP contribution in [0.1, 0.15) is 22.3 Å². The van der Waals surface area contributed by atoms with Crippen molar-refractivity contribution in [3.05, 3.63) is 50.1 Å². The maximum absolute atomic E-state index is 13.8. The molecule has 2 nitrogen and oxygen atoms in total. The molecule has 0 spiro atoms. The molecule has 5 heteroatoms. The third-order valence-electron chi connectivity index (χ3n) is 2.44. The lowest BCUT2D eigenvalue weighted by Gasteiger charge is -2.15. The monoisotopic (exact) mass is 314 g/mol. The van der Waals surface area contributed by atoms with Crippen LogP contribution in [-0.4, -0.2) is 12.0 Å². The topological polar surface area (TPSA) is 24.9 Å². The molecule has 1 unspecified atom stereocenters. The Hall–Kier alpha value is -0.780. The lowest BCUT2D eigenvalue weighted by molar-refractivity contribution is 0.574. The van der Waals surface area contributed by atoms with Gasteiger partial charge in [-0.2, -0.15) is 0 Å². The number of nitrogens with one attached hydrogen (secondary N) is 1. The van der Waals surface area contributed by atoms with E-state index < -0.39 is 0 Å². The first-order chi connectivity index (χ1) is 8.11. The van der Waals surface area contributed by atoms with E-state index in [0.717, 1.165) is 15.2 Å². The summed E-state index contributed by atoms with van der Waals surface area (Å²) in [5.41, 5.74) is 1.57. The number of benzene rings is 1. The highest BCUT2D eigenvalue weighted by Gasteiger charge is 2.19. The van der Waals surface area contributed by atoms with Crippen LogP contribution in [0.3, 0.4) is 0 Å². The zero-order valence-electron chi connectivity index (χ0n) is 9.50. The molecule has 0 bridgehead atoms. The zero-order valence-corrected chi connectivity index (χ0v) is 11.9. The van der Waals surface area contributed by atoms with Crippen molar-refractivity contribution >= 4 is 27.3 Å². The normalized spacial score (nSPS) is 12.7. The summed E-state index contributed by atoms with van der Waals surface area (Å²) in [5, 5.41) is 5.95. The Bertz CT molecular complexity index is 527. The Morgan fingerprint density at radius 1 is 1.47 bits per heavy atom. The highest BCUT2D eigenvalue weighted by atomic mass is 79.9. The van der Waals surface area contributed by atoms with E-state index >= 15 is 0 Å². The number of rotatable bonds is 3. The molecule has 0 aliphatic rings. The Morgan fingerprint density at radius 3 is 2.82 bits per heavy atom. The molecule has 1 atom stereocenters. The fourth-order valence-corrected chi connectivity index (χ4v) is 2.95. The van der Waals surface area contributed by atoms with Gasteiger partial charge in [0.2, 0.25) is 0 Å². The van der Waals surface area contributed by atoms with Crippen molar-refractivity contribution in [3.63, 3.8) is 0 Å². The van der Waals surface area contributed by atoms with Gasteiger partial charge in [-0.3, -0.25) is 0 Å². The van der Waals surface area contributed by atoms with Crippen LogP contribution in [0.15, 0.2) is 28.1 Å². The molecule has 0 saturated carbocycles. The number of thiazole rings is 1. The average molecular weight is 315 g/mol. The molecule has 1 aromatic carbocycles. The number of hydrogen-bond acceptors (Lipinski definition) is 3. The van der Waals surface area contributed by atoms with E-state index in [2.05, 4.69) is 26.2 Å². The van der Waals surface area contributed by atoms with E-state index in [1.54, 1.807) is 12.1 Å². The predicted molar refractivity (Wildman–Crippen MR) is 71.9 cm³/mol. The number of hydrogen-bond donors (Lipinski definition) is 1. The van der Waals surface area contributed by atoms with E-state index in [9.17, 15) is 4.39 Å². The molecule has 2 aromatic rings. The summed E-state index contributed by atoms with van der Waals surface area (Å²) in [4.78, 5) is 4.40. The van der Waals surface area contributed by atoms with Crippen LogP contribution in [0.2, 0.25) is 0 Å². The summed E-state index contributed by atoms with van der Waals surface area (Å²) in [6.45, 7) is 1.93. The van der Waals surface area contributed by atoms with E-state index in [-0.39, 0.29) is 11.9 Å². The molecule has 1 aromatic heterocycles. The minimum absolute atomic E-state index is 0.203. The summed E-state index contributed by atoms with van der Waals surface area (Å²) >= 11 is 4.90. The van der Waals surface area contributed by atoms with Crippen molar-refractivity contribution in [1.29, 1.82) is 0 Å². The first-order valence-electron chi connectivity index (χ1n) is 5.16. The lowest BCUT2D eigenvalue weighted by atomic mass is 10.1. The van der Waals surface area contributed by atoms with Gasteiger partial charge in [-0.05, 0) is 32.2 Å². The van der Waals surface area contributed by atoms with E-state index in [1.165, 1.54) is 17.4 Å². The maximum atomic E-state index is 13.8. The largest absolute Gasteiger partial charge is 0.307 e. The van der Waals surface area contributed by atoms with Gasteiger partial charge in [-0.25, -0.2) is 9.37 Å². The van der Waals surface area contributed by atoms with Gasteiger partial charge in [0.25, 0.3) is 0 Å². The first-order valence-corrected chi connectivity index (χ1v) is 6.83. The van der Waals surface area contributed by atoms with Crippen LogP contribution in [-0.2, 0) is 0 Å². The summed E-state index contributed by atoms with van der Waals surface area (Å²) in [6, 6.07) is 4.74. The summed E-state index contributed by atoms with van der Waals surface area (Å²) in [6.07, 6.45) is 0. The lowest BCUT2D eigenvalue weighted by Crippen LogP contribution is -2.18. The molecule has 0 radical (unpaired) electrons. The number of aryl methyl sites for hydroxylation is 1. The van der Waals surface area contributed by atoms with Crippen molar-refractivity contribution in [2.24, 2.45) is 0 Å². The molecule has 0 fully saturated rings. The van der Waals surface area contributed by atoms with Gasteiger partial charge in [0.05, 0.1) is 6.04 Å². The molecule has 2 rings (SSSR count). The fraction of sp³-hybridized carbons (Fsp3) is 0.250. The first kappa shape index (κ1) is 12.7. The van der Waals surface area contributed by atoms with Crippen LogP contribution in [0.4, 0.5) is 4.39 Å². The standard InChI is InChI=1S/C12H12BrFN2S/c1-7-6-17-12(16-7)11(15-2)9-5-8(13)3-4-10(9)14/h3-6,11,15H,1-2H3. The third-order valence-corrected chi connectivity index (χ3v) is 3.96. The minimum Gasteiger partial charge on any atom is -0.307 e. The molecule has 1 N–H and O–H groups in total. The molecule has 1 heterocycles. The molecule has 0 saturated heterocycles. The van der Waals surface area contributed by atoms with Crippen LogP contribution in [0.5, 0.6) is 0 Å². The molecule has 0 aliphatic carbocycles. The van der Waals surface area contributed by atoms with Gasteiger partial charge >= 0.3 is 0 Å². The van der Waals surface area contributed by atoms with Crippen LogP contribution >= 0.6 is 27.3 Å². The average Bonchev–Trinajstić information content (AvgIpc) is 2.71. The smallest absolute Gasteiger partial charge is 0.128 e. The zero-order chi connectivity index (χ0) is 12.4. The Balaban J connectivity index is 2.45. The van der Waals surface area contributed by atoms with Crippen LogP contribution in [0, 0.1) is 12.7 Å². The quantitative estimate of drug-likeness (QED) is 0.935. The number of aromatic nitrogens is 1. The molecule has 17 heavy (non-hydrogen) atoms. The van der Waals surface area contributed by atoms with Crippen LogP contribution in [0.25, 0.3) is 0 Å². The SMILES string of the molecule is CNC(c1nc(C)cs1)c1cc(Br)ccc1F. The highest BCUT2D eigenvalue weighted by molar-refractivity contribution is 9.10. The second-order valence-electron chi connectivity index (χ2n) is 3.71. The predicted octanol–water partition coefficient (Wildman–Crippen LogP) is 3.66. The second kappa shape index (κ2) is 5.25. The molecule has 0 aliphatic heterocycles. The van der Waals surface area contributed by atoms with Crippen molar-refractivity contribution in [2.75, 3.05) is 7.05 Å². The fourth-order valence-electron chi connectivity index (χ4n) is 1.65. The van der Waals surface area contributed by atoms with E-state index in [0.29, 0.717) is 5.56 Å². The minimum atomic E-state index is -0.222. The molecular formula is C12H12BrFN2S.